The maximum Gasteiger partial charge on any atom is 0.356 e. The van der Waals surface area contributed by atoms with Crippen molar-refractivity contribution in [2.45, 2.75) is 76.9 Å². The lowest BCUT2D eigenvalue weighted by molar-refractivity contribution is 0.0585. The molecule has 0 radical (unpaired) electrons. The van der Waals surface area contributed by atoms with Crippen molar-refractivity contribution >= 4 is 35.3 Å². The molecule has 2 saturated carbocycles. The first-order chi connectivity index (χ1) is 33.1. The molecule has 2 aliphatic carbocycles. The molecule has 1 N–H and O–H groups in total. The van der Waals surface area contributed by atoms with Gasteiger partial charge < -0.3 is 14.8 Å². The molecular formula is C44H40ClF6N13O5. The van der Waals surface area contributed by atoms with E-state index in [4.69, 9.17) is 11.6 Å². The number of hydrogen-bond donors (Lipinski definition) is 1. The van der Waals surface area contributed by atoms with Gasteiger partial charge in [-0.1, -0.05) is 17.7 Å². The molecule has 69 heavy (non-hydrogen) atoms. The summed E-state index contributed by atoms with van der Waals surface area (Å²) < 4.78 is 92.0. The van der Waals surface area contributed by atoms with E-state index in [1.165, 1.54) is 38.7 Å². The van der Waals surface area contributed by atoms with Crippen LogP contribution in [-0.2, 0) is 9.47 Å². The number of halogens is 7. The summed E-state index contributed by atoms with van der Waals surface area (Å²) in [4.78, 5) is 50.9. The molecular weight excluding hydrogens is 940 g/mol. The first kappa shape index (κ1) is 49.3. The van der Waals surface area contributed by atoms with E-state index in [0.717, 1.165) is 50.3 Å². The standard InChI is InChI=1S/C22H21F2N9O.C14H13F2N3O2.C8H6ClF2NO2/c1-12(2)33-21(29-30-31-33)17-4-3-5-19(27-17)28-22(34)18-8-15(16(10-25-18)20(23)24)13-9-26-32(11-13)14-6-7-14;1-21-14(20)12-4-10(11(6-17-12)13(15)16)8-5-18-19(7-8)9-2-3-9;1-14-8(13)6-2-5(9)4(3-12-6)7(10)11/h3-5,8-12,14,20H,6-7H2,1-2H3,(H,27,28,34);4-7,9,13H,2-3H2,1H3;2-3,7H,1H3. The first-order valence-electron chi connectivity index (χ1n) is 20.9. The molecule has 0 spiro atoms. The van der Waals surface area contributed by atoms with Gasteiger partial charge in [-0.25, -0.2) is 55.6 Å². The van der Waals surface area contributed by atoms with Crippen LogP contribution in [0.15, 0.2) is 79.8 Å². The number of nitrogens with zero attached hydrogens (tertiary/aromatic N) is 12. The number of amides is 1. The van der Waals surface area contributed by atoms with Crippen molar-refractivity contribution in [2.75, 3.05) is 19.5 Å². The molecule has 7 heterocycles. The molecule has 0 bridgehead atoms. The minimum atomic E-state index is -2.74. The molecule has 0 saturated heterocycles. The zero-order valence-electron chi connectivity index (χ0n) is 36.9. The molecule has 7 aromatic rings. The van der Waals surface area contributed by atoms with Crippen LogP contribution in [-0.4, -0.2) is 91.8 Å². The first-order valence-corrected chi connectivity index (χ1v) is 21.3. The Kier molecular flexibility index (Phi) is 15.4. The van der Waals surface area contributed by atoms with E-state index in [2.05, 4.69) is 60.4 Å². The van der Waals surface area contributed by atoms with E-state index in [1.54, 1.807) is 44.6 Å². The number of alkyl halides is 6. The summed E-state index contributed by atoms with van der Waals surface area (Å²) in [5, 5.41) is 22.6. The number of tetrazole rings is 1. The van der Waals surface area contributed by atoms with Crippen LogP contribution in [0.5, 0.6) is 0 Å². The number of aromatic nitrogens is 12. The minimum absolute atomic E-state index is 0.00364. The van der Waals surface area contributed by atoms with Gasteiger partial charge in [0.25, 0.3) is 25.2 Å². The second-order valence-electron chi connectivity index (χ2n) is 15.6. The van der Waals surface area contributed by atoms with Gasteiger partial charge in [-0.15, -0.1) is 5.10 Å². The van der Waals surface area contributed by atoms with Crippen molar-refractivity contribution in [2.24, 2.45) is 0 Å². The van der Waals surface area contributed by atoms with Gasteiger partial charge >= 0.3 is 11.9 Å². The number of carbonyl (C=O) groups is 3. The highest BCUT2D eigenvalue weighted by Crippen LogP contribution is 2.38. The number of nitrogens with one attached hydrogen (secondary N) is 1. The zero-order chi connectivity index (χ0) is 49.5. The molecule has 7 aromatic heterocycles. The van der Waals surface area contributed by atoms with Crippen molar-refractivity contribution in [1.82, 2.24) is 59.7 Å². The maximum atomic E-state index is 13.6. The van der Waals surface area contributed by atoms with E-state index in [0.29, 0.717) is 34.7 Å². The minimum Gasteiger partial charge on any atom is -0.464 e. The lowest BCUT2D eigenvalue weighted by Gasteiger charge is -2.11. The van der Waals surface area contributed by atoms with Gasteiger partial charge in [0.05, 0.1) is 55.3 Å². The highest BCUT2D eigenvalue weighted by molar-refractivity contribution is 6.31. The van der Waals surface area contributed by atoms with E-state index >= 15 is 0 Å². The van der Waals surface area contributed by atoms with Crippen molar-refractivity contribution in [3.05, 3.63) is 119 Å². The quantitative estimate of drug-likeness (QED) is 0.0842. The van der Waals surface area contributed by atoms with Crippen LogP contribution in [0.2, 0.25) is 5.02 Å². The lowest BCUT2D eigenvalue weighted by atomic mass is 10.0. The summed E-state index contributed by atoms with van der Waals surface area (Å²) >= 11 is 5.50. The smallest absolute Gasteiger partial charge is 0.356 e. The van der Waals surface area contributed by atoms with Gasteiger partial charge in [0.2, 0.25) is 5.82 Å². The third-order valence-corrected chi connectivity index (χ3v) is 10.7. The SMILES string of the molecule is CC(C)n1nnnc1-c1cccc(NC(=O)c2cc(-c3cnn(C4CC4)c3)c(C(F)F)cn2)n1.COC(=O)c1cc(-c2cnn(C3CC3)c2)c(C(F)F)cn1.COC(=O)c1cc(Cl)c(C(F)F)cn1. The largest absolute Gasteiger partial charge is 0.464 e. The van der Waals surface area contributed by atoms with Gasteiger partial charge in [-0.3, -0.25) is 19.1 Å². The monoisotopic (exact) mass is 979 g/mol. The number of ether oxygens (including phenoxy) is 2. The van der Waals surface area contributed by atoms with E-state index in [9.17, 15) is 40.7 Å². The molecule has 0 unspecified atom stereocenters. The molecule has 25 heteroatoms. The van der Waals surface area contributed by atoms with Crippen LogP contribution in [0.3, 0.4) is 0 Å². The van der Waals surface area contributed by atoms with Crippen molar-refractivity contribution in [3.63, 3.8) is 0 Å². The highest BCUT2D eigenvalue weighted by Gasteiger charge is 2.28. The normalized spacial score (nSPS) is 13.2. The Labute approximate surface area is 393 Å². The van der Waals surface area contributed by atoms with E-state index in [1.807, 2.05) is 13.8 Å². The summed E-state index contributed by atoms with van der Waals surface area (Å²) in [6.45, 7) is 3.87. The lowest BCUT2D eigenvalue weighted by Crippen LogP contribution is -2.15. The third-order valence-electron chi connectivity index (χ3n) is 10.3. The number of anilines is 1. The molecule has 0 aliphatic heterocycles. The summed E-state index contributed by atoms with van der Waals surface area (Å²) in [7, 11) is 2.38. The Morgan fingerprint density at radius 2 is 1.19 bits per heavy atom. The van der Waals surface area contributed by atoms with Gasteiger partial charge in [-0.05, 0) is 91.4 Å². The fraction of sp³-hybridized carbons (Fsp3) is 0.318. The van der Waals surface area contributed by atoms with Crippen LogP contribution in [0.25, 0.3) is 33.8 Å². The molecule has 2 aliphatic rings. The number of methoxy groups -OCH3 is 2. The fourth-order valence-corrected chi connectivity index (χ4v) is 6.72. The van der Waals surface area contributed by atoms with Crippen LogP contribution in [0.4, 0.5) is 32.2 Å². The number of carbonyl (C=O) groups excluding carboxylic acids is 3. The molecule has 360 valence electrons. The average molecular weight is 980 g/mol. The summed E-state index contributed by atoms with van der Waals surface area (Å²) in [6.07, 6.45) is 5.42. The summed E-state index contributed by atoms with van der Waals surface area (Å²) in [6, 6.07) is 9.46. The Morgan fingerprint density at radius 1 is 0.696 bits per heavy atom. The number of hydrogen-bond acceptors (Lipinski definition) is 14. The predicted octanol–water partition coefficient (Wildman–Crippen LogP) is 9.56. The van der Waals surface area contributed by atoms with Crippen molar-refractivity contribution in [3.8, 4) is 33.8 Å². The maximum absolute atomic E-state index is 13.6. The predicted molar refractivity (Wildman–Crippen MR) is 234 cm³/mol. The van der Waals surface area contributed by atoms with Crippen LogP contribution in [0.1, 0.15) is 125 Å². The molecule has 18 nitrogen and oxygen atoms in total. The van der Waals surface area contributed by atoms with Gasteiger partial charge in [0.15, 0.2) is 0 Å². The highest BCUT2D eigenvalue weighted by atomic mass is 35.5. The topological polar surface area (TPSA) is 212 Å². The Hall–Kier alpha value is -7.63. The number of pyridine rings is 4. The van der Waals surface area contributed by atoms with E-state index < -0.39 is 42.7 Å². The second kappa shape index (κ2) is 21.5. The molecule has 2 fully saturated rings. The van der Waals surface area contributed by atoms with Crippen LogP contribution < -0.4 is 5.32 Å². The van der Waals surface area contributed by atoms with Crippen LogP contribution >= 0.6 is 11.6 Å². The number of rotatable bonds is 13. The molecule has 0 aromatic carbocycles. The van der Waals surface area contributed by atoms with Gasteiger partial charge in [0, 0.05) is 53.2 Å². The van der Waals surface area contributed by atoms with Crippen LogP contribution in [0, 0.1) is 0 Å². The fourth-order valence-electron chi connectivity index (χ4n) is 6.49. The second-order valence-corrected chi connectivity index (χ2v) is 16.0. The molecule has 0 atom stereocenters. The molecule has 9 rings (SSSR count). The Bertz CT molecular complexity index is 2960. The van der Waals surface area contributed by atoms with E-state index in [-0.39, 0.29) is 56.2 Å². The zero-order valence-corrected chi connectivity index (χ0v) is 37.6. The van der Waals surface area contributed by atoms with Crippen molar-refractivity contribution < 1.29 is 50.2 Å². The summed E-state index contributed by atoms with van der Waals surface area (Å²) in [5.41, 5.74) is 1.02. The van der Waals surface area contributed by atoms with Gasteiger partial charge in [-0.2, -0.15) is 10.2 Å². The average Bonchev–Trinajstić information content (AvgIpc) is 4.20. The Morgan fingerprint density at radius 3 is 1.67 bits per heavy atom. The third kappa shape index (κ3) is 11.9. The Balaban J connectivity index is 0.000000171. The van der Waals surface area contributed by atoms with Crippen molar-refractivity contribution in [1.29, 1.82) is 0 Å². The summed E-state index contributed by atoms with van der Waals surface area (Å²) in [5.74, 6) is -1.24. The number of esters is 2. The van der Waals surface area contributed by atoms with Gasteiger partial charge in [0.1, 0.15) is 28.6 Å². The molecule has 1 amide bonds.